The maximum atomic E-state index is 9.41. The highest BCUT2D eigenvalue weighted by Crippen LogP contribution is 2.28. The van der Waals surface area contributed by atoms with Crippen LogP contribution < -0.4 is 0 Å². The van der Waals surface area contributed by atoms with Crippen LogP contribution in [0, 0.1) is 0 Å². The molecule has 1 heterocycles. The van der Waals surface area contributed by atoms with E-state index in [1.165, 1.54) is 0 Å². The van der Waals surface area contributed by atoms with E-state index < -0.39 is 43.4 Å². The molecule has 84 valence electrons. The van der Waals surface area contributed by atoms with Crippen LogP contribution in [-0.2, 0) is 4.74 Å². The lowest BCUT2D eigenvalue weighted by Gasteiger charge is -2.45. The van der Waals surface area contributed by atoms with E-state index in [4.69, 9.17) is 20.4 Å². The van der Waals surface area contributed by atoms with Gasteiger partial charge in [-0.2, -0.15) is 0 Å². The van der Waals surface area contributed by atoms with Crippen LogP contribution in [0.3, 0.4) is 0 Å². The molecule has 14 heavy (non-hydrogen) atoms. The van der Waals surface area contributed by atoms with Gasteiger partial charge in [0.05, 0.1) is 13.2 Å². The number of hydrogen-bond donors (Lipinski definition) is 6. The van der Waals surface area contributed by atoms with Crippen LogP contribution in [0.25, 0.3) is 0 Å². The summed E-state index contributed by atoms with van der Waals surface area (Å²) in [4.78, 5) is 0. The third kappa shape index (κ3) is 1.63. The van der Waals surface area contributed by atoms with Crippen molar-refractivity contribution in [3.05, 3.63) is 0 Å². The Morgan fingerprint density at radius 1 is 0.929 bits per heavy atom. The van der Waals surface area contributed by atoms with Gasteiger partial charge in [-0.05, 0) is 0 Å². The third-order valence-electron chi connectivity index (χ3n) is 2.40. The van der Waals surface area contributed by atoms with Crippen LogP contribution in [0.5, 0.6) is 0 Å². The Kier molecular flexibility index (Phi) is 3.43. The van der Waals surface area contributed by atoms with E-state index in [0.717, 1.165) is 0 Å². The first-order valence-corrected chi connectivity index (χ1v) is 4.10. The molecule has 0 radical (unpaired) electrons. The fraction of sp³-hybridized carbons (Fsp3) is 1.00. The van der Waals surface area contributed by atoms with E-state index in [1.54, 1.807) is 0 Å². The topological polar surface area (TPSA) is 131 Å². The average molecular weight is 210 g/mol. The quantitative estimate of drug-likeness (QED) is 0.275. The summed E-state index contributed by atoms with van der Waals surface area (Å²) in [6, 6.07) is 0. The smallest absolute Gasteiger partial charge is 0.184 e. The molecular weight excluding hydrogens is 196 g/mol. The van der Waals surface area contributed by atoms with Crippen LogP contribution in [0.15, 0.2) is 0 Å². The summed E-state index contributed by atoms with van der Waals surface area (Å²) in [5.74, 6) is 0. The van der Waals surface area contributed by atoms with Gasteiger partial charge < -0.3 is 35.4 Å². The summed E-state index contributed by atoms with van der Waals surface area (Å²) in [5, 5.41) is 54.6. The highest BCUT2D eigenvalue weighted by Gasteiger charge is 2.52. The van der Waals surface area contributed by atoms with Crippen molar-refractivity contribution in [2.45, 2.75) is 30.2 Å². The first-order valence-electron chi connectivity index (χ1n) is 4.10. The zero-order chi connectivity index (χ0) is 10.9. The minimum atomic E-state index is -1.85. The molecule has 6 N–H and O–H groups in total. The second-order valence-electron chi connectivity index (χ2n) is 3.32. The summed E-state index contributed by atoms with van der Waals surface area (Å²) in [6.45, 7) is -1.57. The largest absolute Gasteiger partial charge is 0.393 e. The molecule has 7 nitrogen and oxygen atoms in total. The van der Waals surface area contributed by atoms with Gasteiger partial charge in [-0.25, -0.2) is 0 Å². The second-order valence-corrected chi connectivity index (χ2v) is 3.32. The van der Waals surface area contributed by atoms with Crippen LogP contribution >= 0.6 is 0 Å². The SMILES string of the molecule is OCC1(CO)O[C@H](O)[C@@H](O)[C@@H](O)[C@H]1O. The first kappa shape index (κ1) is 11.8. The van der Waals surface area contributed by atoms with Gasteiger partial charge in [0.25, 0.3) is 0 Å². The molecule has 0 aromatic heterocycles. The Hall–Kier alpha value is -0.280. The molecule has 0 aromatic rings. The van der Waals surface area contributed by atoms with E-state index in [-0.39, 0.29) is 0 Å². The Morgan fingerprint density at radius 3 is 1.86 bits per heavy atom. The van der Waals surface area contributed by atoms with Crippen molar-refractivity contribution in [1.82, 2.24) is 0 Å². The van der Waals surface area contributed by atoms with E-state index >= 15 is 0 Å². The van der Waals surface area contributed by atoms with Gasteiger partial charge in [0.15, 0.2) is 6.29 Å². The van der Waals surface area contributed by atoms with Gasteiger partial charge in [-0.15, -0.1) is 0 Å². The van der Waals surface area contributed by atoms with Gasteiger partial charge in [0.2, 0.25) is 0 Å². The lowest BCUT2D eigenvalue weighted by Crippen LogP contribution is -2.67. The molecule has 0 unspecified atom stereocenters. The summed E-state index contributed by atoms with van der Waals surface area (Å²) >= 11 is 0. The molecule has 1 fully saturated rings. The monoisotopic (exact) mass is 210 g/mol. The van der Waals surface area contributed by atoms with Crippen molar-refractivity contribution >= 4 is 0 Å². The van der Waals surface area contributed by atoms with Gasteiger partial charge in [0, 0.05) is 0 Å². The summed E-state index contributed by atoms with van der Waals surface area (Å²) in [5.41, 5.74) is -1.85. The second kappa shape index (κ2) is 4.07. The minimum Gasteiger partial charge on any atom is -0.393 e. The van der Waals surface area contributed by atoms with Gasteiger partial charge in [-0.1, -0.05) is 0 Å². The fourth-order valence-electron chi connectivity index (χ4n) is 1.36. The van der Waals surface area contributed by atoms with E-state index in [9.17, 15) is 10.2 Å². The lowest BCUT2D eigenvalue weighted by atomic mass is 9.88. The Bertz CT molecular complexity index is 192. The number of aliphatic hydroxyl groups is 6. The van der Waals surface area contributed by atoms with E-state index in [1.807, 2.05) is 0 Å². The van der Waals surface area contributed by atoms with Crippen LogP contribution in [0.4, 0.5) is 0 Å². The molecule has 7 heteroatoms. The zero-order valence-electron chi connectivity index (χ0n) is 7.32. The molecule has 0 aliphatic carbocycles. The summed E-state index contributed by atoms with van der Waals surface area (Å²) < 4.78 is 4.66. The van der Waals surface area contributed by atoms with Crippen LogP contribution in [0.2, 0.25) is 0 Å². The first-order chi connectivity index (χ1) is 6.48. The van der Waals surface area contributed by atoms with Crippen molar-refractivity contribution in [3.8, 4) is 0 Å². The predicted octanol–water partition coefficient (Wildman–Crippen LogP) is -3.86. The predicted molar refractivity (Wildman–Crippen MR) is 42.0 cm³/mol. The molecule has 4 atom stereocenters. The van der Waals surface area contributed by atoms with Crippen molar-refractivity contribution in [2.24, 2.45) is 0 Å². The molecule has 0 spiro atoms. The van der Waals surface area contributed by atoms with Crippen LogP contribution in [-0.4, -0.2) is 74.1 Å². The van der Waals surface area contributed by atoms with Crippen molar-refractivity contribution in [2.75, 3.05) is 13.2 Å². The minimum absolute atomic E-state index is 0.786. The molecule has 1 aliphatic rings. The fourth-order valence-corrected chi connectivity index (χ4v) is 1.36. The zero-order valence-corrected chi connectivity index (χ0v) is 7.32. The lowest BCUT2D eigenvalue weighted by molar-refractivity contribution is -0.333. The standard InChI is InChI=1S/C7H14O7/c8-1-7(2-9)5(12)3(10)4(11)6(13)14-7/h3-6,8-13H,1-2H2/t3-,4+,5-,6+/m1/s1. The highest BCUT2D eigenvalue weighted by atomic mass is 16.7. The Morgan fingerprint density at radius 2 is 1.43 bits per heavy atom. The molecule has 1 aliphatic heterocycles. The highest BCUT2D eigenvalue weighted by molar-refractivity contribution is 4.99. The number of ether oxygens (including phenoxy) is 1. The summed E-state index contributed by atoms with van der Waals surface area (Å²) in [7, 11) is 0. The molecule has 1 rings (SSSR count). The normalized spacial score (nSPS) is 42.4. The third-order valence-corrected chi connectivity index (χ3v) is 2.40. The van der Waals surface area contributed by atoms with Crippen molar-refractivity contribution < 1.29 is 35.4 Å². The van der Waals surface area contributed by atoms with Crippen molar-refractivity contribution in [3.63, 3.8) is 0 Å². The maximum absolute atomic E-state index is 9.41. The molecule has 0 aromatic carbocycles. The van der Waals surface area contributed by atoms with Gasteiger partial charge >= 0.3 is 0 Å². The molecule has 0 bridgehead atoms. The molecule has 1 saturated heterocycles. The van der Waals surface area contributed by atoms with Gasteiger partial charge in [0.1, 0.15) is 23.9 Å². The number of hydrogen-bond acceptors (Lipinski definition) is 7. The van der Waals surface area contributed by atoms with Crippen LogP contribution in [0.1, 0.15) is 0 Å². The number of aliphatic hydroxyl groups excluding tert-OH is 6. The average Bonchev–Trinajstić information content (AvgIpc) is 2.21. The van der Waals surface area contributed by atoms with Gasteiger partial charge in [-0.3, -0.25) is 0 Å². The molecule has 0 saturated carbocycles. The maximum Gasteiger partial charge on any atom is 0.184 e. The number of rotatable bonds is 2. The Balaban J connectivity index is 2.88. The molecule has 0 amide bonds. The van der Waals surface area contributed by atoms with Crippen molar-refractivity contribution in [1.29, 1.82) is 0 Å². The van der Waals surface area contributed by atoms with E-state index in [2.05, 4.69) is 4.74 Å². The summed E-state index contributed by atoms with van der Waals surface area (Å²) in [6.07, 6.45) is -6.78. The van der Waals surface area contributed by atoms with E-state index in [0.29, 0.717) is 0 Å². The Labute approximate surface area is 79.8 Å². The molecular formula is C7H14O7.